The number of halogens is 1. The van der Waals surface area contributed by atoms with Crippen LogP contribution in [0.1, 0.15) is 6.92 Å². The molecule has 0 unspecified atom stereocenters. The van der Waals surface area contributed by atoms with E-state index in [0.717, 1.165) is 0 Å². The molecule has 0 spiro atoms. The van der Waals surface area contributed by atoms with Gasteiger partial charge in [0.05, 0.1) is 10.7 Å². The fourth-order valence-electron chi connectivity index (χ4n) is 0.783. The van der Waals surface area contributed by atoms with Gasteiger partial charge in [-0.3, -0.25) is 5.01 Å². The van der Waals surface area contributed by atoms with E-state index in [4.69, 9.17) is 18.1 Å². The molecular weight excluding hydrogens is 175 g/mol. The summed E-state index contributed by atoms with van der Waals surface area (Å²) >= 11 is 4.84. The Kier molecular flexibility index (Phi) is 2.73. The summed E-state index contributed by atoms with van der Waals surface area (Å²) in [6.07, 6.45) is 0. The number of anilines is 1. The van der Waals surface area contributed by atoms with Gasteiger partial charge < -0.3 is 0 Å². The first-order chi connectivity index (χ1) is 5.61. The van der Waals surface area contributed by atoms with Crippen LogP contribution in [0.15, 0.2) is 24.3 Å². The van der Waals surface area contributed by atoms with Crippen LogP contribution in [0.4, 0.5) is 10.1 Å². The first-order valence-corrected chi connectivity index (χ1v) is 3.83. The summed E-state index contributed by atoms with van der Waals surface area (Å²) in [5.74, 6) is 5.27. The maximum absolute atomic E-state index is 12.5. The molecular formula is C8H9FN2S. The summed E-state index contributed by atoms with van der Waals surface area (Å²) in [6.45, 7) is 1.71. The third kappa shape index (κ3) is 1.99. The van der Waals surface area contributed by atoms with Crippen LogP contribution in [0, 0.1) is 5.82 Å². The van der Waals surface area contributed by atoms with Crippen LogP contribution in [0.2, 0.25) is 0 Å². The molecule has 0 aromatic heterocycles. The molecule has 0 amide bonds. The number of benzene rings is 1. The van der Waals surface area contributed by atoms with Crippen molar-refractivity contribution in [2.45, 2.75) is 6.92 Å². The standard InChI is InChI=1S/C8H9FN2S/c1-6(12)11(10)8-4-2-7(9)3-5-8/h2-5H,10H2,1H3. The first-order valence-electron chi connectivity index (χ1n) is 3.42. The smallest absolute Gasteiger partial charge is 0.123 e. The third-order valence-electron chi connectivity index (χ3n) is 1.44. The lowest BCUT2D eigenvalue weighted by Gasteiger charge is -2.16. The normalized spacial score (nSPS) is 9.58. The molecule has 0 aliphatic carbocycles. The maximum atomic E-state index is 12.5. The van der Waals surface area contributed by atoms with E-state index in [9.17, 15) is 4.39 Å². The van der Waals surface area contributed by atoms with Gasteiger partial charge in [-0.15, -0.1) is 0 Å². The molecule has 0 saturated carbocycles. The fourth-order valence-corrected chi connectivity index (χ4v) is 0.889. The number of rotatable bonds is 1. The predicted molar refractivity (Wildman–Crippen MR) is 51.3 cm³/mol. The van der Waals surface area contributed by atoms with Gasteiger partial charge in [-0.25, -0.2) is 10.2 Å². The summed E-state index contributed by atoms with van der Waals surface area (Å²) in [5.41, 5.74) is 0.684. The van der Waals surface area contributed by atoms with Crippen LogP contribution in [-0.4, -0.2) is 4.99 Å². The molecule has 1 aromatic rings. The van der Waals surface area contributed by atoms with E-state index in [1.54, 1.807) is 19.1 Å². The summed E-state index contributed by atoms with van der Waals surface area (Å²) in [4.78, 5) is 0.543. The molecule has 4 heteroatoms. The predicted octanol–water partition coefficient (Wildman–Crippen LogP) is 1.85. The highest BCUT2D eigenvalue weighted by Gasteiger charge is 2.01. The zero-order valence-electron chi connectivity index (χ0n) is 6.62. The number of nitrogens with zero attached hydrogens (tertiary/aromatic N) is 1. The highest BCUT2D eigenvalue weighted by molar-refractivity contribution is 7.80. The zero-order chi connectivity index (χ0) is 9.14. The number of hydrazine groups is 1. The lowest BCUT2D eigenvalue weighted by atomic mass is 10.3. The van der Waals surface area contributed by atoms with Gasteiger partial charge in [0.1, 0.15) is 5.82 Å². The summed E-state index contributed by atoms with van der Waals surface area (Å²) < 4.78 is 12.5. The van der Waals surface area contributed by atoms with E-state index in [0.29, 0.717) is 10.7 Å². The molecule has 0 radical (unpaired) electrons. The van der Waals surface area contributed by atoms with Crippen molar-refractivity contribution in [3.05, 3.63) is 30.1 Å². The number of hydrogen-bond acceptors (Lipinski definition) is 2. The highest BCUT2D eigenvalue weighted by atomic mass is 32.1. The van der Waals surface area contributed by atoms with Gasteiger partial charge in [0, 0.05) is 0 Å². The molecule has 2 N–H and O–H groups in total. The molecule has 0 heterocycles. The second kappa shape index (κ2) is 3.60. The van der Waals surface area contributed by atoms with E-state index in [2.05, 4.69) is 0 Å². The van der Waals surface area contributed by atoms with Gasteiger partial charge in [-0.2, -0.15) is 0 Å². The average Bonchev–Trinajstić information content (AvgIpc) is 2.04. The number of hydrogen-bond donors (Lipinski definition) is 1. The van der Waals surface area contributed by atoms with E-state index in [-0.39, 0.29) is 5.82 Å². The van der Waals surface area contributed by atoms with Crippen molar-refractivity contribution in [2.24, 2.45) is 5.84 Å². The van der Waals surface area contributed by atoms with Gasteiger partial charge in [-0.05, 0) is 31.2 Å². The van der Waals surface area contributed by atoms with Crippen LogP contribution >= 0.6 is 12.2 Å². The summed E-state index contributed by atoms with van der Waals surface area (Å²) in [7, 11) is 0. The average molecular weight is 184 g/mol. The van der Waals surface area contributed by atoms with Crippen molar-refractivity contribution in [2.75, 3.05) is 5.01 Å². The van der Waals surface area contributed by atoms with Crippen LogP contribution in [0.5, 0.6) is 0 Å². The molecule has 0 saturated heterocycles. The number of thiocarbonyl (C=S) groups is 1. The SMILES string of the molecule is CC(=S)N(N)c1ccc(F)cc1. The van der Waals surface area contributed by atoms with Crippen LogP contribution in [0.3, 0.4) is 0 Å². The van der Waals surface area contributed by atoms with E-state index < -0.39 is 0 Å². The third-order valence-corrected chi connectivity index (χ3v) is 1.64. The monoisotopic (exact) mass is 184 g/mol. The van der Waals surface area contributed by atoms with Crippen molar-refractivity contribution < 1.29 is 4.39 Å². The lowest BCUT2D eigenvalue weighted by molar-refractivity contribution is 0.628. The minimum atomic E-state index is -0.283. The second-order valence-electron chi connectivity index (χ2n) is 2.37. The summed E-state index contributed by atoms with van der Waals surface area (Å²) in [5, 5.41) is 1.33. The molecule has 0 fully saturated rings. The van der Waals surface area contributed by atoms with Gasteiger partial charge in [0.2, 0.25) is 0 Å². The lowest BCUT2D eigenvalue weighted by Crippen LogP contribution is -2.34. The fraction of sp³-hybridized carbons (Fsp3) is 0.125. The van der Waals surface area contributed by atoms with Gasteiger partial charge in [0.25, 0.3) is 0 Å². The Morgan fingerprint density at radius 2 is 1.92 bits per heavy atom. The Bertz CT molecular complexity index is 284. The largest absolute Gasteiger partial charge is 0.273 e. The molecule has 0 atom stereocenters. The Hall–Kier alpha value is -1.00. The summed E-state index contributed by atoms with van der Waals surface area (Å²) in [6, 6.07) is 5.83. The van der Waals surface area contributed by atoms with Gasteiger partial charge in [0.15, 0.2) is 0 Å². The van der Waals surface area contributed by atoms with Crippen LogP contribution in [0.25, 0.3) is 0 Å². The molecule has 1 aromatic carbocycles. The minimum Gasteiger partial charge on any atom is -0.273 e. The maximum Gasteiger partial charge on any atom is 0.123 e. The number of nitrogens with two attached hydrogens (primary N) is 1. The minimum absolute atomic E-state index is 0.283. The highest BCUT2D eigenvalue weighted by Crippen LogP contribution is 2.11. The topological polar surface area (TPSA) is 29.3 Å². The first kappa shape index (κ1) is 9.09. The van der Waals surface area contributed by atoms with E-state index >= 15 is 0 Å². The Labute approximate surface area is 75.8 Å². The van der Waals surface area contributed by atoms with Crippen molar-refractivity contribution >= 4 is 22.9 Å². The van der Waals surface area contributed by atoms with Crippen molar-refractivity contribution in [3.63, 3.8) is 0 Å². The molecule has 0 bridgehead atoms. The van der Waals surface area contributed by atoms with Crippen LogP contribution in [-0.2, 0) is 0 Å². The van der Waals surface area contributed by atoms with Crippen molar-refractivity contribution in [1.82, 2.24) is 0 Å². The van der Waals surface area contributed by atoms with Crippen molar-refractivity contribution in [1.29, 1.82) is 0 Å². The van der Waals surface area contributed by atoms with Gasteiger partial charge in [-0.1, -0.05) is 12.2 Å². The molecule has 0 aliphatic rings. The molecule has 64 valence electrons. The van der Waals surface area contributed by atoms with E-state index in [1.807, 2.05) is 0 Å². The second-order valence-corrected chi connectivity index (χ2v) is 2.96. The molecule has 1 rings (SSSR count). The molecule has 0 aliphatic heterocycles. The van der Waals surface area contributed by atoms with Crippen LogP contribution < -0.4 is 10.9 Å². The Balaban J connectivity index is 2.89. The Morgan fingerprint density at radius 3 is 2.33 bits per heavy atom. The van der Waals surface area contributed by atoms with E-state index in [1.165, 1.54) is 17.1 Å². The molecule has 2 nitrogen and oxygen atoms in total. The van der Waals surface area contributed by atoms with Crippen molar-refractivity contribution in [3.8, 4) is 0 Å². The zero-order valence-corrected chi connectivity index (χ0v) is 7.44. The van der Waals surface area contributed by atoms with Gasteiger partial charge >= 0.3 is 0 Å². The molecule has 12 heavy (non-hydrogen) atoms. The quantitative estimate of drug-likeness (QED) is 0.410. The Morgan fingerprint density at radius 1 is 1.42 bits per heavy atom.